The molecule has 0 bridgehead atoms. The van der Waals surface area contributed by atoms with Gasteiger partial charge in [0, 0.05) is 13.0 Å². The monoisotopic (exact) mass is 775 g/mol. The van der Waals surface area contributed by atoms with E-state index in [0.717, 1.165) is 51.4 Å². The smallest absolute Gasteiger partial charge is 0.457 e. The third-order valence-corrected chi connectivity index (χ3v) is 10.3. The molecule has 0 aromatic rings. The SMILES string of the molecule is CCCCCC/C=C\C/C=C\CCCCCCCCOCC(COP(=O)(O)OCC(O)CO)OC(=O)CCCCCCCCCCCCCCCCC. The van der Waals surface area contributed by atoms with Crippen LogP contribution in [0.15, 0.2) is 24.3 Å². The Morgan fingerprint density at radius 1 is 0.585 bits per heavy atom. The lowest BCUT2D eigenvalue weighted by Crippen LogP contribution is -2.29. The molecule has 0 aliphatic carbocycles. The van der Waals surface area contributed by atoms with E-state index in [4.69, 9.17) is 23.6 Å². The Morgan fingerprint density at radius 2 is 1.02 bits per heavy atom. The molecule has 0 saturated carbocycles. The third-order valence-electron chi connectivity index (χ3n) is 9.39. The third kappa shape index (κ3) is 40.4. The number of ether oxygens (including phenoxy) is 2. The van der Waals surface area contributed by atoms with Crippen LogP contribution in [0.1, 0.15) is 200 Å². The zero-order valence-electron chi connectivity index (χ0n) is 34.2. The van der Waals surface area contributed by atoms with E-state index in [0.29, 0.717) is 6.61 Å². The number of hydrogen-bond donors (Lipinski definition) is 3. The van der Waals surface area contributed by atoms with E-state index >= 15 is 0 Å². The summed E-state index contributed by atoms with van der Waals surface area (Å²) in [5.41, 5.74) is 0. The maximum Gasteiger partial charge on any atom is 0.472 e. The fourth-order valence-electron chi connectivity index (χ4n) is 6.03. The number of unbranched alkanes of at least 4 members (excludes halogenated alkanes) is 24. The molecule has 0 aliphatic rings. The molecule has 0 radical (unpaired) electrons. The summed E-state index contributed by atoms with van der Waals surface area (Å²) in [6, 6.07) is 0. The van der Waals surface area contributed by atoms with E-state index < -0.39 is 33.2 Å². The lowest BCUT2D eigenvalue weighted by molar-refractivity contribution is -0.154. The molecule has 0 rings (SSSR count). The van der Waals surface area contributed by atoms with Crippen LogP contribution in [0, 0.1) is 0 Å². The molecule has 0 aliphatic heterocycles. The normalized spacial score (nSPS) is 14.3. The van der Waals surface area contributed by atoms with Gasteiger partial charge in [0.2, 0.25) is 0 Å². The lowest BCUT2D eigenvalue weighted by Gasteiger charge is -2.20. The summed E-state index contributed by atoms with van der Waals surface area (Å²) in [7, 11) is -4.52. The quantitative estimate of drug-likeness (QED) is 0.0240. The molecule has 3 unspecified atom stereocenters. The highest BCUT2D eigenvalue weighted by Crippen LogP contribution is 2.43. The van der Waals surface area contributed by atoms with Crippen LogP contribution < -0.4 is 0 Å². The number of aliphatic hydroxyl groups is 2. The zero-order chi connectivity index (χ0) is 38.9. The number of allylic oxidation sites excluding steroid dienone is 4. The molecule has 0 spiro atoms. The number of phosphoric ester groups is 1. The Morgan fingerprint density at radius 3 is 1.53 bits per heavy atom. The summed E-state index contributed by atoms with van der Waals surface area (Å²) in [4.78, 5) is 22.6. The largest absolute Gasteiger partial charge is 0.472 e. The van der Waals surface area contributed by atoms with E-state index in [2.05, 4.69) is 38.2 Å². The minimum atomic E-state index is -4.52. The van der Waals surface area contributed by atoms with E-state index in [-0.39, 0.29) is 25.6 Å². The van der Waals surface area contributed by atoms with Crippen molar-refractivity contribution in [3.8, 4) is 0 Å². The molecule has 314 valence electrons. The van der Waals surface area contributed by atoms with Gasteiger partial charge in [0.25, 0.3) is 0 Å². The van der Waals surface area contributed by atoms with E-state index in [9.17, 15) is 19.4 Å². The van der Waals surface area contributed by atoms with Crippen LogP contribution in [0.2, 0.25) is 0 Å². The van der Waals surface area contributed by atoms with Gasteiger partial charge in [-0.15, -0.1) is 0 Å². The first-order valence-electron chi connectivity index (χ1n) is 21.8. The van der Waals surface area contributed by atoms with Gasteiger partial charge in [-0.1, -0.05) is 173 Å². The summed E-state index contributed by atoms with van der Waals surface area (Å²) in [6.07, 6.45) is 41.3. The second-order valence-electron chi connectivity index (χ2n) is 14.7. The minimum absolute atomic E-state index is 0.0459. The summed E-state index contributed by atoms with van der Waals surface area (Å²) in [5, 5.41) is 18.3. The summed E-state index contributed by atoms with van der Waals surface area (Å²) in [6.45, 7) is 3.50. The van der Waals surface area contributed by atoms with Crippen LogP contribution >= 0.6 is 7.82 Å². The molecule has 0 aromatic carbocycles. The number of carbonyl (C=O) groups excluding carboxylic acids is 1. The molecular weight excluding hydrogens is 691 g/mol. The van der Waals surface area contributed by atoms with Crippen molar-refractivity contribution in [1.82, 2.24) is 0 Å². The summed E-state index contributed by atoms with van der Waals surface area (Å²) in [5.74, 6) is -0.384. The standard InChI is InChI=1S/C43H83O9P/c1-3-5-7-9-11-13-15-17-19-20-22-24-26-28-30-32-34-36-49-39-42(40-51-53(47,48)50-38-41(45)37-44)52-43(46)35-33-31-29-27-25-23-21-18-16-14-12-10-8-6-4-2/h13,15,19-20,41-42,44-45H,3-12,14,16-18,21-40H2,1-2H3,(H,47,48)/b15-13-,20-19-. The maximum atomic E-state index is 12.6. The first-order chi connectivity index (χ1) is 25.8. The molecule has 3 atom stereocenters. The van der Waals surface area contributed by atoms with Gasteiger partial charge in [0.15, 0.2) is 0 Å². The fraction of sp³-hybridized carbons (Fsp3) is 0.884. The Kier molecular flexibility index (Phi) is 39.8. The van der Waals surface area contributed by atoms with Gasteiger partial charge >= 0.3 is 13.8 Å². The average Bonchev–Trinajstić information content (AvgIpc) is 3.15. The van der Waals surface area contributed by atoms with Crippen molar-refractivity contribution in [1.29, 1.82) is 0 Å². The maximum absolute atomic E-state index is 12.6. The molecule has 0 saturated heterocycles. The number of hydrogen-bond acceptors (Lipinski definition) is 8. The molecule has 9 nitrogen and oxygen atoms in total. The van der Waals surface area contributed by atoms with Gasteiger partial charge < -0.3 is 24.6 Å². The van der Waals surface area contributed by atoms with Crippen LogP contribution in [0.4, 0.5) is 0 Å². The lowest BCUT2D eigenvalue weighted by atomic mass is 10.0. The van der Waals surface area contributed by atoms with Crippen molar-refractivity contribution < 1.29 is 43.0 Å². The van der Waals surface area contributed by atoms with Crippen molar-refractivity contribution in [3.63, 3.8) is 0 Å². The summed E-state index contributed by atoms with van der Waals surface area (Å²) < 4.78 is 33.4. The van der Waals surface area contributed by atoms with Gasteiger partial charge in [-0.25, -0.2) is 4.57 Å². The zero-order valence-corrected chi connectivity index (χ0v) is 35.1. The molecule has 0 fully saturated rings. The molecule has 0 amide bonds. The first kappa shape index (κ1) is 51.9. The fourth-order valence-corrected chi connectivity index (χ4v) is 6.82. The van der Waals surface area contributed by atoms with Crippen LogP contribution in [0.3, 0.4) is 0 Å². The second-order valence-corrected chi connectivity index (χ2v) is 16.2. The van der Waals surface area contributed by atoms with Crippen LogP contribution in [0.25, 0.3) is 0 Å². The van der Waals surface area contributed by atoms with Crippen molar-refractivity contribution in [2.45, 2.75) is 212 Å². The summed E-state index contributed by atoms with van der Waals surface area (Å²) >= 11 is 0. The van der Waals surface area contributed by atoms with Gasteiger partial charge in [-0.2, -0.15) is 0 Å². The molecular formula is C43H83O9P. The highest BCUT2D eigenvalue weighted by Gasteiger charge is 2.26. The number of aliphatic hydroxyl groups excluding tert-OH is 2. The Labute approximate surface area is 325 Å². The Bertz CT molecular complexity index is 882. The molecule has 0 aromatic heterocycles. The topological polar surface area (TPSA) is 132 Å². The van der Waals surface area contributed by atoms with Crippen molar-refractivity contribution >= 4 is 13.8 Å². The van der Waals surface area contributed by atoms with Crippen molar-refractivity contribution in [2.24, 2.45) is 0 Å². The van der Waals surface area contributed by atoms with Gasteiger partial charge in [-0.05, 0) is 44.9 Å². The van der Waals surface area contributed by atoms with Crippen LogP contribution in [-0.4, -0.2) is 66.3 Å². The average molecular weight is 775 g/mol. The minimum Gasteiger partial charge on any atom is -0.457 e. The predicted molar refractivity (Wildman–Crippen MR) is 219 cm³/mol. The predicted octanol–water partition coefficient (Wildman–Crippen LogP) is 11.9. The number of esters is 1. The molecule has 3 N–H and O–H groups in total. The first-order valence-corrected chi connectivity index (χ1v) is 23.3. The number of phosphoric acid groups is 1. The van der Waals surface area contributed by atoms with Crippen molar-refractivity contribution in [2.75, 3.05) is 33.0 Å². The van der Waals surface area contributed by atoms with Gasteiger partial charge in [-0.3, -0.25) is 13.8 Å². The van der Waals surface area contributed by atoms with Gasteiger partial charge in [0.05, 0.1) is 26.4 Å². The molecule has 0 heterocycles. The Balaban J connectivity index is 4.17. The highest BCUT2D eigenvalue weighted by molar-refractivity contribution is 7.47. The van der Waals surface area contributed by atoms with Crippen LogP contribution in [-0.2, 0) is 27.9 Å². The number of rotatable bonds is 42. The van der Waals surface area contributed by atoms with E-state index in [1.54, 1.807) is 0 Å². The molecule has 53 heavy (non-hydrogen) atoms. The molecule has 10 heteroatoms. The van der Waals surface area contributed by atoms with Gasteiger partial charge in [0.1, 0.15) is 12.2 Å². The second kappa shape index (κ2) is 40.6. The van der Waals surface area contributed by atoms with E-state index in [1.807, 2.05) is 0 Å². The Hall–Kier alpha value is -1.06. The van der Waals surface area contributed by atoms with E-state index in [1.165, 1.54) is 128 Å². The number of carbonyl (C=O) groups is 1. The van der Waals surface area contributed by atoms with Crippen LogP contribution in [0.5, 0.6) is 0 Å². The van der Waals surface area contributed by atoms with Crippen molar-refractivity contribution in [3.05, 3.63) is 24.3 Å². The highest BCUT2D eigenvalue weighted by atomic mass is 31.2.